The van der Waals surface area contributed by atoms with Gasteiger partial charge in [-0.1, -0.05) is 35.5 Å². The zero-order chi connectivity index (χ0) is 17.2. The molecule has 0 N–H and O–H groups in total. The lowest BCUT2D eigenvalue weighted by atomic mass is 10.2. The number of aromatic nitrogens is 2. The summed E-state index contributed by atoms with van der Waals surface area (Å²) in [6.07, 6.45) is 1.20. The average Bonchev–Trinajstić information content (AvgIpc) is 3.36. The number of carbonyl (C=O) groups excluding carboxylic acids is 2. The highest BCUT2D eigenvalue weighted by atomic mass is 16.6. The van der Waals surface area contributed by atoms with Crippen LogP contribution in [0.4, 0.5) is 4.79 Å². The first kappa shape index (κ1) is 15.6. The van der Waals surface area contributed by atoms with Gasteiger partial charge in [-0.25, -0.2) is 4.79 Å². The largest absolute Gasteiger partial charge is 0.448 e. The highest BCUT2D eigenvalue weighted by molar-refractivity contribution is 5.83. The van der Waals surface area contributed by atoms with Crippen molar-refractivity contribution >= 4 is 12.0 Å². The molecule has 0 radical (unpaired) electrons. The predicted molar refractivity (Wildman–Crippen MR) is 86.3 cm³/mol. The van der Waals surface area contributed by atoms with Gasteiger partial charge in [-0.05, 0) is 12.8 Å². The Labute approximate surface area is 144 Å². The van der Waals surface area contributed by atoms with Gasteiger partial charge in [0, 0.05) is 12.1 Å². The van der Waals surface area contributed by atoms with E-state index in [1.54, 1.807) is 4.90 Å². The molecular weight excluding hydrogens is 324 g/mol. The number of hydrogen-bond donors (Lipinski definition) is 0. The lowest BCUT2D eigenvalue weighted by Gasteiger charge is -2.23. The fourth-order valence-corrected chi connectivity index (χ4v) is 3.22. The SMILES string of the molecule is O=C1OCCN1CC(=O)N1CCCC1c1nc(-c2ccccc2)no1. The summed E-state index contributed by atoms with van der Waals surface area (Å²) in [5, 5.41) is 4.03. The van der Waals surface area contributed by atoms with E-state index in [1.807, 2.05) is 30.3 Å². The molecule has 2 aliphatic rings. The van der Waals surface area contributed by atoms with Crippen molar-refractivity contribution in [1.82, 2.24) is 19.9 Å². The summed E-state index contributed by atoms with van der Waals surface area (Å²) >= 11 is 0. The van der Waals surface area contributed by atoms with E-state index in [4.69, 9.17) is 9.26 Å². The molecule has 4 rings (SSSR count). The molecule has 0 bridgehead atoms. The number of hydrogen-bond acceptors (Lipinski definition) is 6. The standard InChI is InChI=1S/C17H18N4O4/c22-14(11-20-9-10-24-17(20)23)21-8-4-7-13(21)16-18-15(19-25-16)12-5-2-1-3-6-12/h1-3,5-6,13H,4,7-11H2. The molecule has 2 saturated heterocycles. The second-order valence-corrected chi connectivity index (χ2v) is 6.10. The topological polar surface area (TPSA) is 88.8 Å². The fraction of sp³-hybridized carbons (Fsp3) is 0.412. The molecule has 3 heterocycles. The Morgan fingerprint density at radius 1 is 1.24 bits per heavy atom. The second-order valence-electron chi connectivity index (χ2n) is 6.10. The van der Waals surface area contributed by atoms with Gasteiger partial charge in [0.15, 0.2) is 0 Å². The number of carbonyl (C=O) groups is 2. The van der Waals surface area contributed by atoms with Crippen LogP contribution in [0.25, 0.3) is 11.4 Å². The Morgan fingerprint density at radius 3 is 2.84 bits per heavy atom. The van der Waals surface area contributed by atoms with Crippen molar-refractivity contribution in [3.63, 3.8) is 0 Å². The minimum absolute atomic E-state index is 0.0228. The third-order valence-electron chi connectivity index (χ3n) is 4.50. The third-order valence-corrected chi connectivity index (χ3v) is 4.50. The highest BCUT2D eigenvalue weighted by Gasteiger charge is 2.36. The molecule has 2 aromatic rings. The van der Waals surface area contributed by atoms with Gasteiger partial charge in [-0.3, -0.25) is 9.69 Å². The molecule has 0 saturated carbocycles. The number of benzene rings is 1. The molecule has 1 atom stereocenters. The Kier molecular flexibility index (Phi) is 4.09. The minimum atomic E-state index is -0.437. The number of likely N-dealkylation sites (tertiary alicyclic amines) is 1. The molecule has 0 spiro atoms. The van der Waals surface area contributed by atoms with Crippen LogP contribution in [0.1, 0.15) is 24.8 Å². The third kappa shape index (κ3) is 3.07. The van der Waals surface area contributed by atoms with E-state index in [9.17, 15) is 9.59 Å². The highest BCUT2D eigenvalue weighted by Crippen LogP contribution is 2.32. The van der Waals surface area contributed by atoms with E-state index in [0.29, 0.717) is 31.4 Å². The lowest BCUT2D eigenvalue weighted by Crippen LogP contribution is -2.40. The fourth-order valence-electron chi connectivity index (χ4n) is 3.22. The normalized spacial score (nSPS) is 20.2. The molecule has 1 unspecified atom stereocenters. The van der Waals surface area contributed by atoms with Crippen molar-refractivity contribution in [3.8, 4) is 11.4 Å². The number of rotatable bonds is 4. The van der Waals surface area contributed by atoms with Crippen molar-refractivity contribution in [1.29, 1.82) is 0 Å². The smallest absolute Gasteiger partial charge is 0.410 e. The van der Waals surface area contributed by atoms with Crippen molar-refractivity contribution in [3.05, 3.63) is 36.2 Å². The molecule has 1 aromatic heterocycles. The minimum Gasteiger partial charge on any atom is -0.448 e. The second kappa shape index (κ2) is 6.54. The van der Waals surface area contributed by atoms with E-state index in [1.165, 1.54) is 4.90 Å². The maximum Gasteiger partial charge on any atom is 0.410 e. The Balaban J connectivity index is 1.49. The number of nitrogens with zero attached hydrogens (tertiary/aromatic N) is 4. The first-order chi connectivity index (χ1) is 12.2. The van der Waals surface area contributed by atoms with Crippen LogP contribution in [0.2, 0.25) is 0 Å². The van der Waals surface area contributed by atoms with Gasteiger partial charge in [-0.2, -0.15) is 4.98 Å². The summed E-state index contributed by atoms with van der Waals surface area (Å²) in [5.41, 5.74) is 0.869. The van der Waals surface area contributed by atoms with Crippen LogP contribution < -0.4 is 0 Å². The maximum absolute atomic E-state index is 12.6. The zero-order valence-electron chi connectivity index (χ0n) is 13.6. The Hall–Kier alpha value is -2.90. The van der Waals surface area contributed by atoms with Crippen molar-refractivity contribution in [2.75, 3.05) is 26.2 Å². The van der Waals surface area contributed by atoms with Crippen LogP contribution in [-0.4, -0.2) is 58.2 Å². The Bertz CT molecular complexity index is 776. The maximum atomic E-state index is 12.6. The van der Waals surface area contributed by atoms with Crippen molar-refractivity contribution in [2.24, 2.45) is 0 Å². The van der Waals surface area contributed by atoms with Crippen LogP contribution >= 0.6 is 0 Å². The van der Waals surface area contributed by atoms with Gasteiger partial charge in [-0.15, -0.1) is 0 Å². The summed E-state index contributed by atoms with van der Waals surface area (Å²) < 4.78 is 10.3. The number of amides is 2. The molecule has 0 aliphatic carbocycles. The molecule has 130 valence electrons. The van der Waals surface area contributed by atoms with Gasteiger partial charge >= 0.3 is 6.09 Å². The van der Waals surface area contributed by atoms with Crippen LogP contribution in [-0.2, 0) is 9.53 Å². The van der Waals surface area contributed by atoms with Crippen LogP contribution in [0.5, 0.6) is 0 Å². The molecule has 8 nitrogen and oxygen atoms in total. The molecule has 2 amide bonds. The van der Waals surface area contributed by atoms with Crippen LogP contribution in [0.3, 0.4) is 0 Å². The van der Waals surface area contributed by atoms with E-state index in [2.05, 4.69) is 10.1 Å². The van der Waals surface area contributed by atoms with Gasteiger partial charge in [0.25, 0.3) is 0 Å². The van der Waals surface area contributed by atoms with Gasteiger partial charge in [0.2, 0.25) is 17.6 Å². The summed E-state index contributed by atoms with van der Waals surface area (Å²) in [5.74, 6) is 0.826. The molecular formula is C17H18N4O4. The van der Waals surface area contributed by atoms with Gasteiger partial charge < -0.3 is 14.2 Å². The lowest BCUT2D eigenvalue weighted by molar-refractivity contribution is -0.133. The van der Waals surface area contributed by atoms with Gasteiger partial charge in [0.05, 0.1) is 6.54 Å². The molecule has 2 aliphatic heterocycles. The van der Waals surface area contributed by atoms with Crippen LogP contribution in [0, 0.1) is 0 Å². The molecule has 8 heteroatoms. The first-order valence-electron chi connectivity index (χ1n) is 8.32. The quantitative estimate of drug-likeness (QED) is 0.842. The molecule has 1 aromatic carbocycles. The van der Waals surface area contributed by atoms with Gasteiger partial charge in [0.1, 0.15) is 19.2 Å². The average molecular weight is 342 g/mol. The van der Waals surface area contributed by atoms with Crippen molar-refractivity contribution < 1.29 is 18.8 Å². The first-order valence-corrected chi connectivity index (χ1v) is 8.32. The summed E-state index contributed by atoms with van der Waals surface area (Å²) in [6.45, 7) is 1.42. The van der Waals surface area contributed by atoms with E-state index < -0.39 is 6.09 Å². The van der Waals surface area contributed by atoms with Crippen LogP contribution in [0.15, 0.2) is 34.9 Å². The molecule has 2 fully saturated rings. The van der Waals surface area contributed by atoms with E-state index in [0.717, 1.165) is 18.4 Å². The van der Waals surface area contributed by atoms with E-state index >= 15 is 0 Å². The van der Waals surface area contributed by atoms with E-state index in [-0.39, 0.29) is 18.5 Å². The zero-order valence-corrected chi connectivity index (χ0v) is 13.6. The number of ether oxygens (including phenoxy) is 1. The predicted octanol–water partition coefficient (Wildman–Crippen LogP) is 1.85. The summed E-state index contributed by atoms with van der Waals surface area (Å²) in [4.78, 5) is 31.7. The summed E-state index contributed by atoms with van der Waals surface area (Å²) in [6, 6.07) is 9.32. The number of cyclic esters (lactones) is 1. The summed E-state index contributed by atoms with van der Waals surface area (Å²) in [7, 11) is 0. The Morgan fingerprint density at radius 2 is 2.08 bits per heavy atom. The monoisotopic (exact) mass is 342 g/mol. The molecule has 25 heavy (non-hydrogen) atoms. The van der Waals surface area contributed by atoms with Crippen molar-refractivity contribution in [2.45, 2.75) is 18.9 Å².